The second-order valence-electron chi connectivity index (χ2n) is 2.41. The van der Waals surface area contributed by atoms with Crippen LogP contribution in [0.3, 0.4) is 0 Å². The number of halogens is 1. The summed E-state index contributed by atoms with van der Waals surface area (Å²) in [5.74, 6) is 0.936. The minimum atomic E-state index is 0.719. The molecule has 0 atom stereocenters. The molecule has 12 heavy (non-hydrogen) atoms. The molecule has 0 aliphatic heterocycles. The summed E-state index contributed by atoms with van der Waals surface area (Å²) in [5.41, 5.74) is 0. The van der Waals surface area contributed by atoms with Gasteiger partial charge in [0.15, 0.2) is 0 Å². The summed E-state index contributed by atoms with van der Waals surface area (Å²) in [7, 11) is 1.91. The highest BCUT2D eigenvalue weighted by Crippen LogP contribution is 2.12. The maximum Gasteiger partial charge on any atom is 0.119 e. The molecule has 0 aliphatic rings. The molecule has 2 nitrogen and oxygen atoms in total. The Morgan fingerprint density at radius 2 is 2.00 bits per heavy atom. The highest BCUT2D eigenvalue weighted by molar-refractivity contribution is 14.1. The number of ether oxygens (including phenoxy) is 1. The van der Waals surface area contributed by atoms with E-state index in [0.717, 1.165) is 18.9 Å². The van der Waals surface area contributed by atoms with Crippen LogP contribution in [-0.2, 0) is 0 Å². The largest absolute Gasteiger partial charge is 0.492 e. The van der Waals surface area contributed by atoms with Crippen LogP contribution in [0.5, 0.6) is 5.75 Å². The lowest BCUT2D eigenvalue weighted by atomic mass is 10.3. The molecule has 1 rings (SSSR count). The SMILES string of the molecule is CNCCOc1ccc(I)cc1. The summed E-state index contributed by atoms with van der Waals surface area (Å²) in [6.45, 7) is 1.60. The average molecular weight is 277 g/mol. The molecule has 0 fully saturated rings. The summed E-state index contributed by atoms with van der Waals surface area (Å²) in [6.07, 6.45) is 0. The fourth-order valence-electron chi connectivity index (χ4n) is 0.802. The van der Waals surface area contributed by atoms with Crippen LogP contribution in [0.25, 0.3) is 0 Å². The van der Waals surface area contributed by atoms with E-state index >= 15 is 0 Å². The summed E-state index contributed by atoms with van der Waals surface area (Å²) in [6, 6.07) is 8.04. The van der Waals surface area contributed by atoms with E-state index in [0.29, 0.717) is 0 Å². The van der Waals surface area contributed by atoms with Crippen LogP contribution in [0.15, 0.2) is 24.3 Å². The molecule has 0 saturated heterocycles. The quantitative estimate of drug-likeness (QED) is 0.670. The normalized spacial score (nSPS) is 9.83. The Balaban J connectivity index is 2.37. The highest BCUT2D eigenvalue weighted by Gasteiger charge is 1.91. The van der Waals surface area contributed by atoms with Crippen molar-refractivity contribution in [1.82, 2.24) is 5.32 Å². The Hall–Kier alpha value is -0.290. The van der Waals surface area contributed by atoms with Gasteiger partial charge in [-0.25, -0.2) is 0 Å². The molecule has 66 valence electrons. The van der Waals surface area contributed by atoms with Crippen molar-refractivity contribution in [1.29, 1.82) is 0 Å². The molecular weight excluding hydrogens is 265 g/mol. The molecular formula is C9H12INO. The fourth-order valence-corrected chi connectivity index (χ4v) is 1.16. The Bertz CT molecular complexity index is 222. The summed E-state index contributed by atoms with van der Waals surface area (Å²) in [5, 5.41) is 3.02. The predicted octanol–water partition coefficient (Wildman–Crippen LogP) is 1.89. The first-order valence-corrected chi connectivity index (χ1v) is 4.94. The van der Waals surface area contributed by atoms with E-state index in [1.807, 2.05) is 31.3 Å². The lowest BCUT2D eigenvalue weighted by molar-refractivity contribution is 0.318. The van der Waals surface area contributed by atoms with Crippen molar-refractivity contribution in [2.24, 2.45) is 0 Å². The van der Waals surface area contributed by atoms with Gasteiger partial charge >= 0.3 is 0 Å². The van der Waals surface area contributed by atoms with Gasteiger partial charge in [0.2, 0.25) is 0 Å². The molecule has 0 bridgehead atoms. The minimum absolute atomic E-state index is 0.719. The summed E-state index contributed by atoms with van der Waals surface area (Å²) >= 11 is 2.27. The smallest absolute Gasteiger partial charge is 0.119 e. The van der Waals surface area contributed by atoms with Crippen molar-refractivity contribution in [2.45, 2.75) is 0 Å². The van der Waals surface area contributed by atoms with Crippen LogP contribution in [0.1, 0.15) is 0 Å². The van der Waals surface area contributed by atoms with Gasteiger partial charge in [-0.05, 0) is 53.9 Å². The van der Waals surface area contributed by atoms with Gasteiger partial charge in [0, 0.05) is 10.1 Å². The molecule has 0 unspecified atom stereocenters. The van der Waals surface area contributed by atoms with Crippen molar-refractivity contribution in [3.8, 4) is 5.75 Å². The fraction of sp³-hybridized carbons (Fsp3) is 0.333. The molecule has 0 amide bonds. The molecule has 0 saturated carbocycles. The minimum Gasteiger partial charge on any atom is -0.492 e. The van der Waals surface area contributed by atoms with Crippen LogP contribution >= 0.6 is 22.6 Å². The lowest BCUT2D eigenvalue weighted by Gasteiger charge is -2.04. The van der Waals surface area contributed by atoms with Crippen molar-refractivity contribution >= 4 is 22.6 Å². The maximum atomic E-state index is 5.44. The van der Waals surface area contributed by atoms with Crippen LogP contribution < -0.4 is 10.1 Å². The number of hydrogen-bond donors (Lipinski definition) is 1. The van der Waals surface area contributed by atoms with Crippen molar-refractivity contribution in [2.75, 3.05) is 20.2 Å². The molecule has 0 aromatic heterocycles. The molecule has 0 heterocycles. The highest BCUT2D eigenvalue weighted by atomic mass is 127. The zero-order valence-corrected chi connectivity index (χ0v) is 9.17. The van der Waals surface area contributed by atoms with Crippen LogP contribution in [0.2, 0.25) is 0 Å². The number of rotatable bonds is 4. The molecule has 1 aromatic rings. The number of benzene rings is 1. The average Bonchev–Trinajstić information content (AvgIpc) is 2.09. The van der Waals surface area contributed by atoms with Gasteiger partial charge in [-0.3, -0.25) is 0 Å². The van der Waals surface area contributed by atoms with Gasteiger partial charge < -0.3 is 10.1 Å². The Labute approximate surface area is 86.5 Å². The summed E-state index contributed by atoms with van der Waals surface area (Å²) in [4.78, 5) is 0. The van der Waals surface area contributed by atoms with Crippen molar-refractivity contribution < 1.29 is 4.74 Å². The molecule has 0 radical (unpaired) electrons. The Morgan fingerprint density at radius 1 is 1.33 bits per heavy atom. The molecule has 0 aliphatic carbocycles. The first-order chi connectivity index (χ1) is 5.83. The van der Waals surface area contributed by atoms with Crippen molar-refractivity contribution in [3.63, 3.8) is 0 Å². The Morgan fingerprint density at radius 3 is 2.58 bits per heavy atom. The zero-order valence-electron chi connectivity index (χ0n) is 7.01. The topological polar surface area (TPSA) is 21.3 Å². The van der Waals surface area contributed by atoms with E-state index in [1.54, 1.807) is 0 Å². The van der Waals surface area contributed by atoms with Gasteiger partial charge in [0.25, 0.3) is 0 Å². The van der Waals surface area contributed by atoms with Gasteiger partial charge in [0.1, 0.15) is 12.4 Å². The predicted molar refractivity (Wildman–Crippen MR) is 58.6 cm³/mol. The van der Waals surface area contributed by atoms with E-state index in [1.165, 1.54) is 3.57 Å². The molecule has 1 aromatic carbocycles. The van der Waals surface area contributed by atoms with Gasteiger partial charge in [-0.1, -0.05) is 0 Å². The van der Waals surface area contributed by atoms with E-state index in [2.05, 4.69) is 27.9 Å². The molecule has 1 N–H and O–H groups in total. The van der Waals surface area contributed by atoms with Gasteiger partial charge in [-0.2, -0.15) is 0 Å². The van der Waals surface area contributed by atoms with Crippen LogP contribution in [0, 0.1) is 3.57 Å². The van der Waals surface area contributed by atoms with E-state index in [4.69, 9.17) is 4.74 Å². The standard InChI is InChI=1S/C9H12INO/c1-11-6-7-12-9-4-2-8(10)3-5-9/h2-5,11H,6-7H2,1H3. The van der Waals surface area contributed by atoms with Crippen molar-refractivity contribution in [3.05, 3.63) is 27.8 Å². The number of hydrogen-bond acceptors (Lipinski definition) is 2. The lowest BCUT2D eigenvalue weighted by Crippen LogP contribution is -2.15. The van der Waals surface area contributed by atoms with Crippen LogP contribution in [-0.4, -0.2) is 20.2 Å². The van der Waals surface area contributed by atoms with Crippen LogP contribution in [0.4, 0.5) is 0 Å². The maximum absolute atomic E-state index is 5.44. The number of nitrogens with one attached hydrogen (secondary N) is 1. The second-order valence-corrected chi connectivity index (χ2v) is 3.65. The van der Waals surface area contributed by atoms with Gasteiger partial charge in [0.05, 0.1) is 0 Å². The van der Waals surface area contributed by atoms with E-state index in [-0.39, 0.29) is 0 Å². The van der Waals surface area contributed by atoms with E-state index < -0.39 is 0 Å². The van der Waals surface area contributed by atoms with E-state index in [9.17, 15) is 0 Å². The Kier molecular flexibility index (Phi) is 4.39. The number of likely N-dealkylation sites (N-methyl/N-ethyl adjacent to an activating group) is 1. The third-order valence-corrected chi connectivity index (χ3v) is 2.15. The molecule has 0 spiro atoms. The second kappa shape index (κ2) is 5.37. The first-order valence-electron chi connectivity index (χ1n) is 3.86. The molecule has 3 heteroatoms. The third-order valence-electron chi connectivity index (χ3n) is 1.43. The van der Waals surface area contributed by atoms with Gasteiger partial charge in [-0.15, -0.1) is 0 Å². The third kappa shape index (κ3) is 3.40. The zero-order chi connectivity index (χ0) is 8.81. The summed E-state index contributed by atoms with van der Waals surface area (Å²) < 4.78 is 6.67. The monoisotopic (exact) mass is 277 g/mol. The first kappa shape index (κ1) is 9.80.